The lowest BCUT2D eigenvalue weighted by molar-refractivity contribution is -0.115. The van der Waals surface area contributed by atoms with Crippen molar-refractivity contribution in [1.82, 2.24) is 5.32 Å². The highest BCUT2D eigenvalue weighted by atomic mass is 32.2. The number of benzene rings is 4. The van der Waals surface area contributed by atoms with Gasteiger partial charge in [0.15, 0.2) is 0 Å². The first-order valence-corrected chi connectivity index (χ1v) is 14.3. The Morgan fingerprint density at radius 2 is 1.48 bits per heavy atom. The Labute approximate surface area is 250 Å². The molecule has 3 amide bonds. The predicted molar refractivity (Wildman–Crippen MR) is 170 cm³/mol. The number of rotatable bonds is 10. The van der Waals surface area contributed by atoms with Crippen LogP contribution in [0.25, 0.3) is 6.08 Å². The number of nitrogens with one attached hydrogen (secondary N) is 3. The minimum Gasteiger partial charge on any atom is -0.497 e. The highest BCUT2D eigenvalue weighted by Crippen LogP contribution is 2.27. The van der Waals surface area contributed by atoms with Crippen LogP contribution >= 0.6 is 11.8 Å². The van der Waals surface area contributed by atoms with Gasteiger partial charge in [0.2, 0.25) is 5.91 Å². The number of ether oxygens (including phenoxy) is 1. The van der Waals surface area contributed by atoms with Gasteiger partial charge < -0.3 is 20.7 Å². The summed E-state index contributed by atoms with van der Waals surface area (Å²) in [5.41, 5.74) is 4.60. The number of carbonyl (C=O) groups is 3. The number of thioether (sulfide) groups is 1. The summed E-state index contributed by atoms with van der Waals surface area (Å²) < 4.78 is 5.29. The van der Waals surface area contributed by atoms with E-state index in [1.54, 1.807) is 67.8 Å². The van der Waals surface area contributed by atoms with E-state index in [2.05, 4.69) is 16.0 Å². The minimum absolute atomic E-state index is 0.0762. The zero-order chi connectivity index (χ0) is 30.1. The summed E-state index contributed by atoms with van der Waals surface area (Å²) >= 11 is 1.42. The molecular formula is C34H33N3O4S. The second kappa shape index (κ2) is 14.2. The van der Waals surface area contributed by atoms with Crippen LogP contribution in [0, 0.1) is 13.8 Å². The van der Waals surface area contributed by atoms with Crippen LogP contribution in [0.4, 0.5) is 11.4 Å². The number of hydrogen-bond donors (Lipinski definition) is 3. The molecule has 0 aliphatic carbocycles. The molecule has 0 heterocycles. The molecule has 0 saturated carbocycles. The van der Waals surface area contributed by atoms with Crippen LogP contribution in [0.1, 0.15) is 34.0 Å². The Morgan fingerprint density at radius 3 is 2.14 bits per heavy atom. The van der Waals surface area contributed by atoms with Crippen molar-refractivity contribution in [3.63, 3.8) is 0 Å². The highest BCUT2D eigenvalue weighted by Gasteiger charge is 2.18. The maximum atomic E-state index is 13.3. The van der Waals surface area contributed by atoms with Gasteiger partial charge in [-0.05, 0) is 92.1 Å². The summed E-state index contributed by atoms with van der Waals surface area (Å²) in [5, 5.41) is 8.29. The molecule has 8 heteroatoms. The van der Waals surface area contributed by atoms with Gasteiger partial charge in [-0.25, -0.2) is 0 Å². The van der Waals surface area contributed by atoms with E-state index in [-0.39, 0.29) is 16.9 Å². The summed E-state index contributed by atoms with van der Waals surface area (Å²) in [7, 11) is 1.56. The van der Waals surface area contributed by atoms with Crippen LogP contribution in [-0.4, -0.2) is 30.1 Å². The van der Waals surface area contributed by atoms with Gasteiger partial charge >= 0.3 is 0 Å². The second-order valence-electron chi connectivity index (χ2n) is 9.65. The van der Waals surface area contributed by atoms with E-state index in [0.717, 1.165) is 21.7 Å². The molecule has 3 N–H and O–H groups in total. The fourth-order valence-corrected chi connectivity index (χ4v) is 5.02. The first-order valence-electron chi connectivity index (χ1n) is 13.4. The number of anilines is 2. The number of carbonyl (C=O) groups excluding carboxylic acids is 3. The molecule has 42 heavy (non-hydrogen) atoms. The average Bonchev–Trinajstić information content (AvgIpc) is 3.00. The Balaban J connectivity index is 1.45. The first-order chi connectivity index (χ1) is 20.2. The van der Waals surface area contributed by atoms with Gasteiger partial charge in [0.1, 0.15) is 11.4 Å². The number of amides is 3. The van der Waals surface area contributed by atoms with Gasteiger partial charge in [0, 0.05) is 21.8 Å². The molecule has 214 valence electrons. The summed E-state index contributed by atoms with van der Waals surface area (Å²) in [4.78, 5) is 40.0. The summed E-state index contributed by atoms with van der Waals surface area (Å²) in [6.07, 6.45) is 1.60. The van der Waals surface area contributed by atoms with Crippen molar-refractivity contribution in [3.8, 4) is 5.75 Å². The standard InChI is InChI=1S/C34H33N3O4S/c1-22-10-8-11-23(2)31(22)37-32(38)24(3)42-29-18-16-27(17-19-29)35-34(40)30(21-25-12-9-15-28(20-25)41-4)36-33(39)26-13-6-5-7-14-26/h5-21,24H,1-4H3,(H,35,40)(H,36,39)(H,37,38)/b30-21-. The van der Waals surface area contributed by atoms with Crippen molar-refractivity contribution in [2.75, 3.05) is 17.7 Å². The van der Waals surface area contributed by atoms with Crippen molar-refractivity contribution in [1.29, 1.82) is 0 Å². The molecule has 0 spiro atoms. The third-order valence-corrected chi connectivity index (χ3v) is 7.57. The van der Waals surface area contributed by atoms with Crippen LogP contribution < -0.4 is 20.7 Å². The van der Waals surface area contributed by atoms with Gasteiger partial charge in [-0.2, -0.15) is 0 Å². The van der Waals surface area contributed by atoms with Crippen LogP contribution in [0.2, 0.25) is 0 Å². The smallest absolute Gasteiger partial charge is 0.272 e. The van der Waals surface area contributed by atoms with Crippen molar-refractivity contribution < 1.29 is 19.1 Å². The second-order valence-corrected chi connectivity index (χ2v) is 11.1. The van der Waals surface area contributed by atoms with Crippen LogP contribution in [-0.2, 0) is 9.59 Å². The largest absolute Gasteiger partial charge is 0.497 e. The molecule has 0 saturated heterocycles. The lowest BCUT2D eigenvalue weighted by Gasteiger charge is -2.16. The number of aryl methyl sites for hydroxylation is 2. The normalized spacial score (nSPS) is 11.8. The number of methoxy groups -OCH3 is 1. The first kappa shape index (κ1) is 30.1. The number of hydrogen-bond acceptors (Lipinski definition) is 5. The van der Waals surface area contributed by atoms with Crippen LogP contribution in [0.15, 0.2) is 108 Å². The molecule has 0 bridgehead atoms. The molecule has 7 nitrogen and oxygen atoms in total. The monoisotopic (exact) mass is 579 g/mol. The molecule has 0 aromatic heterocycles. The Kier molecular flexibility index (Phi) is 10.2. The molecule has 1 unspecified atom stereocenters. The zero-order valence-electron chi connectivity index (χ0n) is 23.9. The van der Waals surface area contributed by atoms with E-state index in [1.807, 2.05) is 63.2 Å². The summed E-state index contributed by atoms with van der Waals surface area (Å²) in [5.74, 6) is -0.345. The molecule has 4 aromatic rings. The van der Waals surface area contributed by atoms with E-state index in [4.69, 9.17) is 4.74 Å². The Bertz CT molecular complexity index is 1580. The third kappa shape index (κ3) is 8.11. The molecule has 1 atom stereocenters. The quantitative estimate of drug-likeness (QED) is 0.141. The van der Waals surface area contributed by atoms with Gasteiger partial charge in [0.25, 0.3) is 11.8 Å². The lowest BCUT2D eigenvalue weighted by Crippen LogP contribution is -2.30. The van der Waals surface area contributed by atoms with Crippen molar-refractivity contribution >= 4 is 46.9 Å². The van der Waals surface area contributed by atoms with E-state index in [1.165, 1.54) is 11.8 Å². The maximum Gasteiger partial charge on any atom is 0.272 e. The molecular weight excluding hydrogens is 546 g/mol. The van der Waals surface area contributed by atoms with Gasteiger partial charge in [0.05, 0.1) is 12.4 Å². The lowest BCUT2D eigenvalue weighted by atomic mass is 10.1. The molecule has 0 aliphatic rings. The maximum absolute atomic E-state index is 13.3. The molecule has 4 rings (SSSR count). The minimum atomic E-state index is -0.483. The Morgan fingerprint density at radius 1 is 0.810 bits per heavy atom. The van der Waals surface area contributed by atoms with E-state index >= 15 is 0 Å². The topological polar surface area (TPSA) is 96.5 Å². The van der Waals surface area contributed by atoms with Crippen molar-refractivity contribution in [2.45, 2.75) is 30.9 Å². The molecule has 0 radical (unpaired) electrons. The Hall–Kier alpha value is -4.82. The van der Waals surface area contributed by atoms with Crippen molar-refractivity contribution in [2.24, 2.45) is 0 Å². The number of para-hydroxylation sites is 1. The van der Waals surface area contributed by atoms with E-state index in [0.29, 0.717) is 22.6 Å². The molecule has 4 aromatic carbocycles. The van der Waals surface area contributed by atoms with Crippen LogP contribution in [0.5, 0.6) is 5.75 Å². The highest BCUT2D eigenvalue weighted by molar-refractivity contribution is 8.00. The van der Waals surface area contributed by atoms with Crippen LogP contribution in [0.3, 0.4) is 0 Å². The fourth-order valence-electron chi connectivity index (χ4n) is 4.15. The van der Waals surface area contributed by atoms with E-state index in [9.17, 15) is 14.4 Å². The fraction of sp³-hybridized carbons (Fsp3) is 0.147. The summed E-state index contributed by atoms with van der Waals surface area (Å²) in [6.45, 7) is 5.80. The average molecular weight is 580 g/mol. The van der Waals surface area contributed by atoms with E-state index < -0.39 is 11.8 Å². The molecule has 0 fully saturated rings. The third-order valence-electron chi connectivity index (χ3n) is 6.46. The SMILES string of the molecule is COc1cccc(/C=C(\NC(=O)c2ccccc2)C(=O)Nc2ccc(SC(C)C(=O)Nc3c(C)cccc3C)cc2)c1. The van der Waals surface area contributed by atoms with Gasteiger partial charge in [-0.15, -0.1) is 11.8 Å². The van der Waals surface area contributed by atoms with Gasteiger partial charge in [-0.3, -0.25) is 14.4 Å². The molecule has 0 aliphatic heterocycles. The predicted octanol–water partition coefficient (Wildman–Crippen LogP) is 6.84. The zero-order valence-corrected chi connectivity index (χ0v) is 24.8. The summed E-state index contributed by atoms with van der Waals surface area (Å²) in [6, 6.07) is 29.0. The van der Waals surface area contributed by atoms with Gasteiger partial charge in [-0.1, -0.05) is 48.5 Å². The van der Waals surface area contributed by atoms with Crippen molar-refractivity contribution in [3.05, 3.63) is 125 Å².